The largest absolute Gasteiger partial charge is 0.141 e. The highest BCUT2D eigenvalue weighted by molar-refractivity contribution is 7.28. The number of rotatable bonds is 2. The van der Waals surface area contributed by atoms with Crippen LogP contribution in [-0.2, 0) is 0 Å². The number of thiophene rings is 4. The lowest BCUT2D eigenvalue weighted by Crippen LogP contribution is -1.74. The van der Waals surface area contributed by atoms with Crippen LogP contribution in [0.4, 0.5) is 0 Å². The van der Waals surface area contributed by atoms with E-state index >= 15 is 0 Å². The molecule has 148 valence electrons. The molecule has 0 aliphatic carbocycles. The summed E-state index contributed by atoms with van der Waals surface area (Å²) in [5.74, 6) is 0. The Labute approximate surface area is 192 Å². The van der Waals surface area contributed by atoms with Gasteiger partial charge in [0.05, 0.1) is 0 Å². The Morgan fingerprint density at radius 2 is 1.13 bits per heavy atom. The monoisotopic (exact) mass is 460 g/mol. The van der Waals surface area contributed by atoms with Crippen molar-refractivity contribution in [3.05, 3.63) is 69.4 Å². The summed E-state index contributed by atoms with van der Waals surface area (Å²) < 4.78 is 2.76. The Morgan fingerprint density at radius 3 is 1.83 bits per heavy atom. The number of aryl methyl sites for hydroxylation is 4. The lowest BCUT2D eigenvalue weighted by Gasteiger charge is -2.01. The van der Waals surface area contributed by atoms with Gasteiger partial charge in [0.15, 0.2) is 0 Å². The number of hydrogen-bond acceptors (Lipinski definition) is 4. The predicted molar refractivity (Wildman–Crippen MR) is 140 cm³/mol. The third-order valence-electron chi connectivity index (χ3n) is 5.87. The first-order valence-electron chi connectivity index (χ1n) is 10.0. The summed E-state index contributed by atoms with van der Waals surface area (Å²) in [7, 11) is 0. The van der Waals surface area contributed by atoms with Gasteiger partial charge in [0.2, 0.25) is 0 Å². The zero-order valence-electron chi connectivity index (χ0n) is 17.3. The molecular weight excluding hydrogens is 441 g/mol. The van der Waals surface area contributed by atoms with Crippen LogP contribution >= 0.6 is 45.3 Å². The predicted octanol–water partition coefficient (Wildman–Crippen LogP) is 9.96. The highest BCUT2D eigenvalue weighted by Gasteiger charge is 2.16. The Hall–Kier alpha value is -1.98. The number of benzene rings is 2. The van der Waals surface area contributed by atoms with Gasteiger partial charge in [0, 0.05) is 49.4 Å². The van der Waals surface area contributed by atoms with Crippen LogP contribution < -0.4 is 0 Å². The molecule has 0 fully saturated rings. The molecule has 0 N–H and O–H groups in total. The molecule has 4 aromatic heterocycles. The molecule has 0 atom stereocenters. The van der Waals surface area contributed by atoms with Crippen molar-refractivity contribution in [2.24, 2.45) is 0 Å². The molecule has 0 saturated carbocycles. The minimum atomic E-state index is 1.37. The van der Waals surface area contributed by atoms with Crippen molar-refractivity contribution in [1.82, 2.24) is 0 Å². The van der Waals surface area contributed by atoms with Crippen LogP contribution in [0.2, 0.25) is 0 Å². The molecule has 0 aliphatic rings. The van der Waals surface area contributed by atoms with Crippen LogP contribution in [0.15, 0.2) is 48.5 Å². The maximum absolute atomic E-state index is 2.42. The molecule has 6 aromatic rings. The van der Waals surface area contributed by atoms with E-state index in [4.69, 9.17) is 0 Å². The van der Waals surface area contributed by atoms with E-state index in [2.05, 4.69) is 76.2 Å². The second-order valence-electron chi connectivity index (χ2n) is 7.99. The van der Waals surface area contributed by atoms with Gasteiger partial charge in [0.1, 0.15) is 0 Å². The molecule has 4 heteroatoms. The van der Waals surface area contributed by atoms with Gasteiger partial charge in [-0.3, -0.25) is 0 Å². The van der Waals surface area contributed by atoms with Gasteiger partial charge in [-0.15, -0.1) is 45.3 Å². The fraction of sp³-hybridized carbons (Fsp3) is 0.154. The van der Waals surface area contributed by atoms with Crippen LogP contribution in [0.25, 0.3) is 50.5 Å². The van der Waals surface area contributed by atoms with E-state index in [1.807, 2.05) is 45.3 Å². The summed E-state index contributed by atoms with van der Waals surface area (Å²) in [4.78, 5) is 8.38. The van der Waals surface area contributed by atoms with Crippen molar-refractivity contribution in [2.75, 3.05) is 0 Å². The van der Waals surface area contributed by atoms with E-state index in [0.29, 0.717) is 0 Å². The summed E-state index contributed by atoms with van der Waals surface area (Å²) in [6.07, 6.45) is 0. The lowest BCUT2D eigenvalue weighted by atomic mass is 10.0. The third-order valence-corrected chi connectivity index (χ3v) is 10.7. The molecule has 0 unspecified atom stereocenters. The Kier molecular flexibility index (Phi) is 4.23. The highest BCUT2D eigenvalue weighted by atomic mass is 32.1. The normalized spacial score (nSPS) is 12.0. The van der Waals surface area contributed by atoms with Gasteiger partial charge < -0.3 is 0 Å². The summed E-state index contributed by atoms with van der Waals surface area (Å²) in [5.41, 5.74) is 2.77. The molecule has 30 heavy (non-hydrogen) atoms. The molecule has 4 heterocycles. The Balaban J connectivity index is 1.53. The summed E-state index contributed by atoms with van der Waals surface area (Å²) in [6.45, 7) is 8.88. The summed E-state index contributed by atoms with van der Waals surface area (Å²) >= 11 is 7.65. The SMILES string of the molecule is Cc1cc2c(ccc3c4cc(-c5sc(-c6cc(C)c(C)s6)cc5C)sc4ccc23)s1. The minimum Gasteiger partial charge on any atom is -0.141 e. The van der Waals surface area contributed by atoms with Crippen LogP contribution in [0.3, 0.4) is 0 Å². The van der Waals surface area contributed by atoms with Crippen molar-refractivity contribution in [3.63, 3.8) is 0 Å². The first-order chi connectivity index (χ1) is 14.5. The summed E-state index contributed by atoms with van der Waals surface area (Å²) in [5, 5.41) is 5.53. The molecule has 0 radical (unpaired) electrons. The van der Waals surface area contributed by atoms with Crippen LogP contribution in [0, 0.1) is 27.7 Å². The van der Waals surface area contributed by atoms with Gasteiger partial charge in [0.25, 0.3) is 0 Å². The van der Waals surface area contributed by atoms with E-state index in [9.17, 15) is 0 Å². The molecular formula is C26H20S4. The first kappa shape index (κ1) is 18.8. The maximum atomic E-state index is 2.42. The van der Waals surface area contributed by atoms with Crippen molar-refractivity contribution >= 4 is 76.3 Å². The highest BCUT2D eigenvalue weighted by Crippen LogP contribution is 2.46. The first-order valence-corrected chi connectivity index (χ1v) is 13.3. The fourth-order valence-electron chi connectivity index (χ4n) is 4.23. The van der Waals surface area contributed by atoms with Crippen molar-refractivity contribution in [1.29, 1.82) is 0 Å². The Bertz CT molecular complexity index is 1560. The fourth-order valence-corrected chi connectivity index (χ4v) is 8.69. The molecule has 0 aliphatic heterocycles. The topological polar surface area (TPSA) is 0 Å². The minimum absolute atomic E-state index is 1.37. The molecule has 0 saturated heterocycles. The summed E-state index contributed by atoms with van der Waals surface area (Å²) in [6, 6.07) is 18.7. The quantitative estimate of drug-likeness (QED) is 0.241. The number of fused-ring (bicyclic) bond motifs is 5. The smallest absolute Gasteiger partial charge is 0.0479 e. The second-order valence-corrected chi connectivity index (χ2v) is 12.7. The molecule has 2 aromatic carbocycles. The van der Waals surface area contributed by atoms with Gasteiger partial charge in [-0.2, -0.15) is 0 Å². The zero-order valence-corrected chi connectivity index (χ0v) is 20.5. The van der Waals surface area contributed by atoms with Gasteiger partial charge in [-0.1, -0.05) is 12.1 Å². The number of hydrogen-bond donors (Lipinski definition) is 0. The molecule has 0 amide bonds. The zero-order chi connectivity index (χ0) is 20.6. The van der Waals surface area contributed by atoms with Crippen molar-refractivity contribution < 1.29 is 0 Å². The van der Waals surface area contributed by atoms with Crippen molar-refractivity contribution in [2.45, 2.75) is 27.7 Å². The lowest BCUT2D eigenvalue weighted by molar-refractivity contribution is 1.44. The second kappa shape index (κ2) is 6.76. The van der Waals surface area contributed by atoms with E-state index < -0.39 is 0 Å². The molecule has 0 nitrogen and oxygen atoms in total. The van der Waals surface area contributed by atoms with Crippen LogP contribution in [0.5, 0.6) is 0 Å². The Morgan fingerprint density at radius 1 is 0.500 bits per heavy atom. The third kappa shape index (κ3) is 2.82. The van der Waals surface area contributed by atoms with Crippen molar-refractivity contribution in [3.8, 4) is 19.5 Å². The van der Waals surface area contributed by atoms with E-state index in [1.54, 1.807) is 0 Å². The van der Waals surface area contributed by atoms with Gasteiger partial charge in [-0.05, 0) is 86.0 Å². The average Bonchev–Trinajstić information content (AvgIpc) is 3.46. The van der Waals surface area contributed by atoms with Crippen LogP contribution in [0.1, 0.15) is 20.9 Å². The average molecular weight is 461 g/mol. The molecule has 0 bridgehead atoms. The molecule has 6 rings (SSSR count). The maximum Gasteiger partial charge on any atom is 0.0479 e. The van der Waals surface area contributed by atoms with Crippen LogP contribution in [-0.4, -0.2) is 0 Å². The van der Waals surface area contributed by atoms with Gasteiger partial charge >= 0.3 is 0 Å². The molecule has 0 spiro atoms. The van der Waals surface area contributed by atoms with Gasteiger partial charge in [-0.25, -0.2) is 0 Å². The standard InChI is InChI=1S/C26H20S4/c1-13-9-23(28-16(13)4)24-10-14(2)26(30-24)25-12-20-18-5-7-21-19(11-15(3)27-21)17(18)6-8-22(20)29-25/h5-12H,1-4H3. The van der Waals surface area contributed by atoms with E-state index in [1.165, 1.54) is 71.3 Å². The van der Waals surface area contributed by atoms with E-state index in [-0.39, 0.29) is 0 Å². The van der Waals surface area contributed by atoms with E-state index in [0.717, 1.165) is 0 Å².